The fraction of sp³-hybridized carbons (Fsp3) is 0.0500. The summed E-state index contributed by atoms with van der Waals surface area (Å²) >= 11 is 1.53. The number of aryl methyl sites for hydroxylation is 1. The fourth-order valence-electron chi connectivity index (χ4n) is 2.16. The van der Waals surface area contributed by atoms with Gasteiger partial charge < -0.3 is 0 Å². The molecule has 1 heterocycles. The average Bonchev–Trinajstić information content (AvgIpc) is 3.05. The monoisotopic (exact) mass is 304 g/mol. The first-order valence-corrected chi connectivity index (χ1v) is 7.98. The van der Waals surface area contributed by atoms with Gasteiger partial charge in [0.15, 0.2) is 5.78 Å². The molecule has 0 bridgehead atoms. The molecule has 3 aromatic rings. The lowest BCUT2D eigenvalue weighted by molar-refractivity contribution is 0.105. The van der Waals surface area contributed by atoms with Gasteiger partial charge in [-0.3, -0.25) is 4.79 Å². The molecule has 2 aromatic carbocycles. The summed E-state index contributed by atoms with van der Waals surface area (Å²) in [6.45, 7) is 2.05. The number of hydrogen-bond donors (Lipinski definition) is 0. The quantitative estimate of drug-likeness (QED) is 0.451. The Morgan fingerprint density at radius 2 is 1.64 bits per heavy atom. The Morgan fingerprint density at radius 3 is 2.36 bits per heavy atom. The molecule has 3 rings (SSSR count). The third-order valence-corrected chi connectivity index (χ3v) is 4.56. The number of rotatable bonds is 4. The maximum Gasteiger partial charge on any atom is 0.195 e. The molecule has 0 radical (unpaired) electrons. The Labute approximate surface area is 134 Å². The maximum atomic E-state index is 12.3. The van der Waals surface area contributed by atoms with Gasteiger partial charge in [-0.2, -0.15) is 0 Å². The van der Waals surface area contributed by atoms with E-state index in [1.807, 2.05) is 60.7 Å². The number of ketones is 1. The van der Waals surface area contributed by atoms with E-state index in [2.05, 4.69) is 19.1 Å². The summed E-state index contributed by atoms with van der Waals surface area (Å²) in [5.41, 5.74) is 3.40. The van der Waals surface area contributed by atoms with Crippen LogP contribution in [0, 0.1) is 6.92 Å². The van der Waals surface area contributed by atoms with E-state index in [-0.39, 0.29) is 5.78 Å². The van der Waals surface area contributed by atoms with Crippen molar-refractivity contribution < 1.29 is 4.79 Å². The van der Waals surface area contributed by atoms with Gasteiger partial charge >= 0.3 is 0 Å². The number of carbonyl (C=O) groups is 1. The van der Waals surface area contributed by atoms with E-state index in [0.29, 0.717) is 0 Å². The van der Waals surface area contributed by atoms with Crippen LogP contribution in [0.5, 0.6) is 0 Å². The van der Waals surface area contributed by atoms with Gasteiger partial charge in [0.05, 0.1) is 4.88 Å². The highest BCUT2D eigenvalue weighted by Gasteiger charge is 2.07. The zero-order valence-corrected chi connectivity index (χ0v) is 13.1. The van der Waals surface area contributed by atoms with Crippen LogP contribution in [0.4, 0.5) is 0 Å². The topological polar surface area (TPSA) is 17.1 Å². The molecule has 0 aliphatic heterocycles. The molecule has 0 saturated heterocycles. The van der Waals surface area contributed by atoms with Crippen molar-refractivity contribution in [2.24, 2.45) is 0 Å². The molecule has 0 N–H and O–H groups in total. The number of hydrogen-bond acceptors (Lipinski definition) is 2. The molecular weight excluding hydrogens is 288 g/mol. The Balaban J connectivity index is 1.76. The van der Waals surface area contributed by atoms with Gasteiger partial charge in [-0.1, -0.05) is 66.2 Å². The van der Waals surface area contributed by atoms with E-state index in [9.17, 15) is 4.79 Å². The second-order valence-electron chi connectivity index (χ2n) is 5.14. The highest BCUT2D eigenvalue weighted by molar-refractivity contribution is 7.17. The zero-order chi connectivity index (χ0) is 15.4. The molecular formula is C20H16OS. The molecule has 0 unspecified atom stereocenters. The average molecular weight is 304 g/mol. The van der Waals surface area contributed by atoms with Crippen molar-refractivity contribution in [2.75, 3.05) is 0 Å². The molecule has 0 saturated carbocycles. The number of benzene rings is 2. The standard InChI is InChI=1S/C20H16OS/c1-15-7-9-16(10-8-15)11-12-18(21)20-14-13-19(22-20)17-5-3-2-4-6-17/h2-14H,1H3/b12-11+. The predicted molar refractivity (Wildman–Crippen MR) is 94.3 cm³/mol. The summed E-state index contributed by atoms with van der Waals surface area (Å²) in [7, 11) is 0. The van der Waals surface area contributed by atoms with Crippen molar-refractivity contribution in [3.63, 3.8) is 0 Å². The molecule has 1 aromatic heterocycles. The van der Waals surface area contributed by atoms with Gasteiger partial charge in [0.25, 0.3) is 0 Å². The van der Waals surface area contributed by atoms with Crippen LogP contribution in [-0.4, -0.2) is 5.78 Å². The van der Waals surface area contributed by atoms with Crippen LogP contribution in [-0.2, 0) is 0 Å². The molecule has 0 spiro atoms. The molecule has 0 aliphatic rings. The van der Waals surface area contributed by atoms with Crippen LogP contribution in [0.2, 0.25) is 0 Å². The smallest absolute Gasteiger partial charge is 0.195 e. The second-order valence-corrected chi connectivity index (χ2v) is 6.22. The Hall–Kier alpha value is -2.45. The fourth-order valence-corrected chi connectivity index (χ4v) is 3.09. The van der Waals surface area contributed by atoms with Gasteiger partial charge in [0.1, 0.15) is 0 Å². The lowest BCUT2D eigenvalue weighted by Crippen LogP contribution is -1.88. The number of thiophene rings is 1. The molecule has 0 aliphatic carbocycles. The molecule has 0 atom stereocenters. The van der Waals surface area contributed by atoms with Gasteiger partial charge in [0.2, 0.25) is 0 Å². The van der Waals surface area contributed by atoms with E-state index in [1.165, 1.54) is 16.9 Å². The van der Waals surface area contributed by atoms with Crippen molar-refractivity contribution in [3.8, 4) is 10.4 Å². The van der Waals surface area contributed by atoms with Crippen molar-refractivity contribution in [1.29, 1.82) is 0 Å². The minimum absolute atomic E-state index is 0.0488. The van der Waals surface area contributed by atoms with Crippen molar-refractivity contribution in [1.82, 2.24) is 0 Å². The minimum atomic E-state index is 0.0488. The second kappa shape index (κ2) is 6.54. The highest BCUT2D eigenvalue weighted by Crippen LogP contribution is 2.28. The molecule has 2 heteroatoms. The SMILES string of the molecule is Cc1ccc(/C=C/C(=O)c2ccc(-c3ccccc3)s2)cc1. The Kier molecular flexibility index (Phi) is 4.31. The lowest BCUT2D eigenvalue weighted by atomic mass is 10.1. The number of allylic oxidation sites excluding steroid dienone is 1. The number of carbonyl (C=O) groups excluding carboxylic acids is 1. The summed E-state index contributed by atoms with van der Waals surface area (Å²) in [5, 5.41) is 0. The zero-order valence-electron chi connectivity index (χ0n) is 12.3. The molecule has 22 heavy (non-hydrogen) atoms. The van der Waals surface area contributed by atoms with E-state index < -0.39 is 0 Å². The van der Waals surface area contributed by atoms with Crippen LogP contribution in [0.15, 0.2) is 72.8 Å². The van der Waals surface area contributed by atoms with Gasteiger partial charge in [-0.25, -0.2) is 0 Å². The molecule has 0 fully saturated rings. The third-order valence-electron chi connectivity index (χ3n) is 3.41. The van der Waals surface area contributed by atoms with Crippen molar-refractivity contribution in [2.45, 2.75) is 6.92 Å². The highest BCUT2D eigenvalue weighted by atomic mass is 32.1. The van der Waals surface area contributed by atoms with Crippen molar-refractivity contribution >= 4 is 23.2 Å². The van der Waals surface area contributed by atoms with Crippen molar-refractivity contribution in [3.05, 3.63) is 88.8 Å². The first kappa shape index (κ1) is 14.5. The summed E-state index contributed by atoms with van der Waals surface area (Å²) < 4.78 is 0. The first-order chi connectivity index (χ1) is 10.7. The molecule has 1 nitrogen and oxygen atoms in total. The largest absolute Gasteiger partial charge is 0.288 e. The van der Waals surface area contributed by atoms with Crippen LogP contribution >= 0.6 is 11.3 Å². The third kappa shape index (κ3) is 3.41. The molecule has 0 amide bonds. The first-order valence-electron chi connectivity index (χ1n) is 7.17. The Bertz CT molecular complexity index is 795. The maximum absolute atomic E-state index is 12.3. The normalized spacial score (nSPS) is 11.0. The van der Waals surface area contributed by atoms with Gasteiger partial charge in [0, 0.05) is 4.88 Å². The minimum Gasteiger partial charge on any atom is -0.288 e. The van der Waals surface area contributed by atoms with Crippen LogP contribution < -0.4 is 0 Å². The van der Waals surface area contributed by atoms with E-state index >= 15 is 0 Å². The summed E-state index contributed by atoms with van der Waals surface area (Å²) in [6.07, 6.45) is 3.51. The van der Waals surface area contributed by atoms with Gasteiger partial charge in [-0.05, 0) is 36.3 Å². The van der Waals surface area contributed by atoms with Crippen LogP contribution in [0.3, 0.4) is 0 Å². The van der Waals surface area contributed by atoms with Crippen LogP contribution in [0.1, 0.15) is 20.8 Å². The lowest BCUT2D eigenvalue weighted by Gasteiger charge is -1.95. The molecule has 108 valence electrons. The summed E-state index contributed by atoms with van der Waals surface area (Å²) in [6, 6.07) is 22.2. The summed E-state index contributed by atoms with van der Waals surface area (Å²) in [4.78, 5) is 14.1. The van der Waals surface area contributed by atoms with E-state index in [1.54, 1.807) is 6.08 Å². The van der Waals surface area contributed by atoms with E-state index in [4.69, 9.17) is 0 Å². The van der Waals surface area contributed by atoms with E-state index in [0.717, 1.165) is 20.9 Å². The van der Waals surface area contributed by atoms with Gasteiger partial charge in [-0.15, -0.1) is 11.3 Å². The predicted octanol–water partition coefficient (Wildman–Crippen LogP) is 5.62. The summed E-state index contributed by atoms with van der Waals surface area (Å²) in [5.74, 6) is 0.0488. The Morgan fingerprint density at radius 1 is 0.909 bits per heavy atom. The van der Waals surface area contributed by atoms with Crippen LogP contribution in [0.25, 0.3) is 16.5 Å².